The van der Waals surface area contributed by atoms with E-state index < -0.39 is 0 Å². The van der Waals surface area contributed by atoms with Crippen LogP contribution in [0.15, 0.2) is 24.3 Å². The number of rotatable bonds is 4. The highest BCUT2D eigenvalue weighted by Crippen LogP contribution is 2.23. The third kappa shape index (κ3) is 4.02. The molecule has 0 bridgehead atoms. The van der Waals surface area contributed by atoms with E-state index in [1.165, 1.54) is 23.6 Å². The lowest BCUT2D eigenvalue weighted by atomic mass is 10.1. The summed E-state index contributed by atoms with van der Waals surface area (Å²) in [7, 11) is 1.46. The second-order valence-corrected chi connectivity index (χ2v) is 7.64. The van der Waals surface area contributed by atoms with Gasteiger partial charge in [-0.2, -0.15) is 0 Å². The molecule has 2 aromatic rings. The highest BCUT2D eigenvalue weighted by atomic mass is 32.1. The summed E-state index contributed by atoms with van der Waals surface area (Å²) in [6, 6.07) is 7.05. The first kappa shape index (κ1) is 17.9. The molecule has 1 aliphatic rings. The molecule has 2 heterocycles. The van der Waals surface area contributed by atoms with Crippen LogP contribution >= 0.6 is 11.3 Å². The number of carbonyl (C=O) groups excluding carboxylic acids is 1. The van der Waals surface area contributed by atoms with Crippen molar-refractivity contribution >= 4 is 17.2 Å². The predicted octanol–water partition coefficient (Wildman–Crippen LogP) is 3.47. The van der Waals surface area contributed by atoms with Gasteiger partial charge in [0.1, 0.15) is 0 Å². The Morgan fingerprint density at radius 1 is 1.20 bits per heavy atom. The summed E-state index contributed by atoms with van der Waals surface area (Å²) in [5, 5.41) is 0. The van der Waals surface area contributed by atoms with Crippen LogP contribution in [0.25, 0.3) is 0 Å². The number of hydrogen-bond acceptors (Lipinski definition) is 4. The topological polar surface area (TPSA) is 32.8 Å². The van der Waals surface area contributed by atoms with E-state index in [0.717, 1.165) is 23.5 Å². The summed E-state index contributed by atoms with van der Waals surface area (Å²) >= 11 is 1.57. The first-order valence-electron chi connectivity index (χ1n) is 8.39. The smallest absolute Gasteiger partial charge is 0.264 e. The van der Waals surface area contributed by atoms with Gasteiger partial charge in [0.15, 0.2) is 11.6 Å². The highest BCUT2D eigenvalue weighted by molar-refractivity contribution is 7.14. The summed E-state index contributed by atoms with van der Waals surface area (Å²) in [6.45, 7) is 7.75. The van der Waals surface area contributed by atoms with Gasteiger partial charge in [-0.15, -0.1) is 11.3 Å². The third-order valence-electron chi connectivity index (χ3n) is 4.66. The number of piperazine rings is 1. The van der Waals surface area contributed by atoms with Gasteiger partial charge in [-0.05, 0) is 43.2 Å². The molecule has 0 N–H and O–H groups in total. The second-order valence-electron chi connectivity index (χ2n) is 6.39. The monoisotopic (exact) mass is 362 g/mol. The van der Waals surface area contributed by atoms with Crippen LogP contribution in [0.5, 0.6) is 5.75 Å². The lowest BCUT2D eigenvalue weighted by Gasteiger charge is -2.34. The normalized spacial score (nSPS) is 15.4. The molecular formula is C19H23FN2O2S. The molecule has 1 saturated heterocycles. The molecule has 1 aromatic heterocycles. The van der Waals surface area contributed by atoms with Gasteiger partial charge in [0, 0.05) is 37.6 Å². The minimum absolute atomic E-state index is 0.122. The number of thiophene rings is 1. The van der Waals surface area contributed by atoms with Crippen LogP contribution in [0, 0.1) is 19.7 Å². The van der Waals surface area contributed by atoms with E-state index in [0.29, 0.717) is 19.6 Å². The van der Waals surface area contributed by atoms with E-state index >= 15 is 0 Å². The Morgan fingerprint density at radius 2 is 1.92 bits per heavy atom. The second kappa shape index (κ2) is 7.54. The molecular weight excluding hydrogens is 339 g/mol. The molecule has 1 aliphatic heterocycles. The van der Waals surface area contributed by atoms with Crippen LogP contribution in [0.4, 0.5) is 4.39 Å². The average Bonchev–Trinajstić information content (AvgIpc) is 2.94. The SMILES string of the molecule is COc1ccc(CN2CCN(C(=O)c3cc(C)c(C)s3)CC2)cc1F. The lowest BCUT2D eigenvalue weighted by molar-refractivity contribution is 0.0633. The van der Waals surface area contributed by atoms with Crippen molar-refractivity contribution in [2.45, 2.75) is 20.4 Å². The van der Waals surface area contributed by atoms with Crippen molar-refractivity contribution < 1.29 is 13.9 Å². The summed E-state index contributed by atoms with van der Waals surface area (Å²) in [6.07, 6.45) is 0. The molecule has 0 spiro atoms. The number of nitrogens with zero attached hydrogens (tertiary/aromatic N) is 2. The number of benzene rings is 1. The fraction of sp³-hybridized carbons (Fsp3) is 0.421. The van der Waals surface area contributed by atoms with Gasteiger partial charge in [-0.3, -0.25) is 9.69 Å². The molecule has 3 rings (SSSR count). The Labute approximate surface area is 151 Å². The fourth-order valence-electron chi connectivity index (χ4n) is 3.01. The Hall–Kier alpha value is -1.92. The largest absolute Gasteiger partial charge is 0.494 e. The highest BCUT2D eigenvalue weighted by Gasteiger charge is 2.23. The van der Waals surface area contributed by atoms with E-state index in [1.807, 2.05) is 30.9 Å². The summed E-state index contributed by atoms with van der Waals surface area (Å²) in [5.74, 6) is 0.0503. The minimum Gasteiger partial charge on any atom is -0.494 e. The van der Waals surface area contributed by atoms with Crippen molar-refractivity contribution in [3.8, 4) is 5.75 Å². The zero-order valence-corrected chi connectivity index (χ0v) is 15.7. The van der Waals surface area contributed by atoms with Crippen molar-refractivity contribution in [3.63, 3.8) is 0 Å². The van der Waals surface area contributed by atoms with Crippen LogP contribution in [0.3, 0.4) is 0 Å². The Balaban J connectivity index is 1.56. The van der Waals surface area contributed by atoms with Crippen molar-refractivity contribution in [2.24, 2.45) is 0 Å². The molecule has 134 valence electrons. The quantitative estimate of drug-likeness (QED) is 0.835. The number of amides is 1. The standard InChI is InChI=1S/C19H23FN2O2S/c1-13-10-18(25-14(13)2)19(23)22-8-6-21(7-9-22)12-15-4-5-17(24-3)16(20)11-15/h4-5,10-11H,6-9,12H2,1-3H3. The van der Waals surface area contributed by atoms with E-state index in [-0.39, 0.29) is 17.5 Å². The summed E-state index contributed by atoms with van der Waals surface area (Å²) in [4.78, 5) is 18.8. The fourth-order valence-corrected chi connectivity index (χ4v) is 4.01. The summed E-state index contributed by atoms with van der Waals surface area (Å²) < 4.78 is 18.8. The van der Waals surface area contributed by atoms with Gasteiger partial charge in [0.25, 0.3) is 5.91 Å². The Bertz CT molecular complexity index is 747. The molecule has 4 nitrogen and oxygen atoms in total. The molecule has 25 heavy (non-hydrogen) atoms. The number of ether oxygens (including phenoxy) is 1. The number of hydrogen-bond donors (Lipinski definition) is 0. The molecule has 0 aliphatic carbocycles. The number of methoxy groups -OCH3 is 1. The van der Waals surface area contributed by atoms with Gasteiger partial charge in [0.2, 0.25) is 0 Å². The zero-order chi connectivity index (χ0) is 18.0. The maximum absolute atomic E-state index is 13.8. The molecule has 0 unspecified atom stereocenters. The van der Waals surface area contributed by atoms with Gasteiger partial charge in [-0.25, -0.2) is 4.39 Å². The van der Waals surface area contributed by atoms with Gasteiger partial charge in [-0.1, -0.05) is 6.07 Å². The Kier molecular flexibility index (Phi) is 5.39. The van der Waals surface area contributed by atoms with Crippen LogP contribution in [0.1, 0.15) is 25.7 Å². The van der Waals surface area contributed by atoms with Crippen molar-refractivity contribution in [3.05, 3.63) is 51.0 Å². The van der Waals surface area contributed by atoms with Gasteiger partial charge >= 0.3 is 0 Å². The molecule has 1 amide bonds. The molecule has 1 aromatic carbocycles. The molecule has 0 atom stereocenters. The van der Waals surface area contributed by atoms with E-state index in [4.69, 9.17) is 4.74 Å². The van der Waals surface area contributed by atoms with E-state index in [2.05, 4.69) is 4.90 Å². The van der Waals surface area contributed by atoms with E-state index in [9.17, 15) is 9.18 Å². The van der Waals surface area contributed by atoms with Crippen molar-refractivity contribution in [1.82, 2.24) is 9.80 Å². The maximum atomic E-state index is 13.8. The zero-order valence-electron chi connectivity index (χ0n) is 14.8. The van der Waals surface area contributed by atoms with Crippen LogP contribution < -0.4 is 4.74 Å². The molecule has 6 heteroatoms. The first-order valence-corrected chi connectivity index (χ1v) is 9.20. The predicted molar refractivity (Wildman–Crippen MR) is 97.9 cm³/mol. The molecule has 0 saturated carbocycles. The Morgan fingerprint density at radius 3 is 2.48 bits per heavy atom. The summed E-state index contributed by atoms with van der Waals surface area (Å²) in [5.41, 5.74) is 2.09. The molecule has 1 fully saturated rings. The van der Waals surface area contributed by atoms with Gasteiger partial charge < -0.3 is 9.64 Å². The first-order chi connectivity index (χ1) is 12.0. The molecule has 0 radical (unpaired) electrons. The number of halogens is 1. The van der Waals surface area contributed by atoms with Crippen molar-refractivity contribution in [1.29, 1.82) is 0 Å². The van der Waals surface area contributed by atoms with E-state index in [1.54, 1.807) is 17.4 Å². The average molecular weight is 362 g/mol. The maximum Gasteiger partial charge on any atom is 0.264 e. The third-order valence-corrected chi connectivity index (χ3v) is 5.80. The van der Waals surface area contributed by atoms with Crippen LogP contribution in [-0.4, -0.2) is 49.0 Å². The lowest BCUT2D eigenvalue weighted by Crippen LogP contribution is -2.48. The van der Waals surface area contributed by atoms with Crippen LogP contribution in [0.2, 0.25) is 0 Å². The van der Waals surface area contributed by atoms with Crippen molar-refractivity contribution in [2.75, 3.05) is 33.3 Å². The number of carbonyl (C=O) groups is 1. The minimum atomic E-state index is -0.336. The van der Waals surface area contributed by atoms with Gasteiger partial charge in [0.05, 0.1) is 12.0 Å². The van der Waals surface area contributed by atoms with Crippen LogP contribution in [-0.2, 0) is 6.54 Å². The number of aryl methyl sites for hydroxylation is 2.